The molecule has 0 saturated heterocycles. The normalized spacial score (nSPS) is 11.1. The summed E-state index contributed by atoms with van der Waals surface area (Å²) in [5.41, 5.74) is 0.454. The molecule has 0 spiro atoms. The molecule has 0 aromatic carbocycles. The monoisotopic (exact) mass is 250 g/mol. The van der Waals surface area contributed by atoms with Gasteiger partial charge in [-0.25, -0.2) is 9.97 Å². The highest BCUT2D eigenvalue weighted by Crippen LogP contribution is 2.17. The lowest BCUT2D eigenvalue weighted by Crippen LogP contribution is -2.34. The van der Waals surface area contributed by atoms with E-state index in [1.54, 1.807) is 6.20 Å². The van der Waals surface area contributed by atoms with Crippen LogP contribution in [0.5, 0.6) is 0 Å². The maximum atomic E-state index is 11.8. The summed E-state index contributed by atoms with van der Waals surface area (Å²) in [6.07, 6.45) is 4.08. The summed E-state index contributed by atoms with van der Waals surface area (Å²) < 4.78 is 0. The molecule has 18 heavy (non-hydrogen) atoms. The van der Waals surface area contributed by atoms with Crippen LogP contribution in [0.1, 0.15) is 44.6 Å². The molecule has 0 aliphatic rings. The van der Waals surface area contributed by atoms with Crippen molar-refractivity contribution in [2.75, 3.05) is 18.4 Å². The van der Waals surface area contributed by atoms with E-state index in [1.807, 2.05) is 6.92 Å². The van der Waals surface area contributed by atoms with Crippen LogP contribution in [0.4, 0.5) is 5.82 Å². The number of nitrogens with one attached hydrogen (secondary N) is 2. The average Bonchev–Trinajstić information content (AvgIpc) is 2.37. The molecule has 0 aliphatic heterocycles. The van der Waals surface area contributed by atoms with Gasteiger partial charge in [-0.05, 0) is 18.8 Å². The molecule has 1 heterocycles. The van der Waals surface area contributed by atoms with Crippen molar-refractivity contribution in [3.63, 3.8) is 0 Å². The Morgan fingerprint density at radius 1 is 1.28 bits per heavy atom. The summed E-state index contributed by atoms with van der Waals surface area (Å²) in [6.45, 7) is 9.75. The Kier molecular flexibility index (Phi) is 5.07. The number of carbonyl (C=O) groups is 1. The molecule has 1 aromatic heterocycles. The molecule has 1 rings (SSSR count). The Morgan fingerprint density at radius 3 is 2.50 bits per heavy atom. The summed E-state index contributed by atoms with van der Waals surface area (Å²) >= 11 is 0. The van der Waals surface area contributed by atoms with E-state index >= 15 is 0 Å². The molecule has 5 heteroatoms. The van der Waals surface area contributed by atoms with Gasteiger partial charge in [0.25, 0.3) is 5.91 Å². The summed E-state index contributed by atoms with van der Waals surface area (Å²) in [4.78, 5) is 20.0. The van der Waals surface area contributed by atoms with Gasteiger partial charge in [0.05, 0.1) is 12.4 Å². The van der Waals surface area contributed by atoms with Crippen molar-refractivity contribution in [3.8, 4) is 0 Å². The van der Waals surface area contributed by atoms with Crippen molar-refractivity contribution in [1.82, 2.24) is 15.3 Å². The van der Waals surface area contributed by atoms with Gasteiger partial charge in [-0.15, -0.1) is 0 Å². The number of anilines is 1. The quantitative estimate of drug-likeness (QED) is 0.811. The Bertz CT molecular complexity index is 386. The van der Waals surface area contributed by atoms with Gasteiger partial charge in [-0.1, -0.05) is 20.8 Å². The second-order valence-corrected chi connectivity index (χ2v) is 5.02. The van der Waals surface area contributed by atoms with Crippen LogP contribution in [0.2, 0.25) is 0 Å². The van der Waals surface area contributed by atoms with Crippen molar-refractivity contribution in [2.45, 2.75) is 34.1 Å². The van der Waals surface area contributed by atoms with Crippen molar-refractivity contribution in [3.05, 3.63) is 18.1 Å². The first kappa shape index (κ1) is 14.4. The van der Waals surface area contributed by atoms with Gasteiger partial charge < -0.3 is 10.6 Å². The van der Waals surface area contributed by atoms with Gasteiger partial charge in [0.1, 0.15) is 11.5 Å². The molecule has 0 radical (unpaired) electrons. The Morgan fingerprint density at radius 2 is 2.00 bits per heavy atom. The van der Waals surface area contributed by atoms with Gasteiger partial charge in [-0.2, -0.15) is 0 Å². The molecule has 0 saturated carbocycles. The molecule has 0 aliphatic carbocycles. The van der Waals surface area contributed by atoms with Gasteiger partial charge >= 0.3 is 0 Å². The fourth-order valence-electron chi connectivity index (χ4n) is 1.25. The van der Waals surface area contributed by atoms with E-state index in [9.17, 15) is 4.79 Å². The maximum Gasteiger partial charge on any atom is 0.271 e. The molecule has 0 bridgehead atoms. The van der Waals surface area contributed by atoms with Crippen LogP contribution in [0, 0.1) is 5.41 Å². The van der Waals surface area contributed by atoms with Crippen LogP contribution in [0.15, 0.2) is 12.4 Å². The highest BCUT2D eigenvalue weighted by atomic mass is 16.1. The Labute approximate surface area is 108 Å². The average molecular weight is 250 g/mol. The zero-order valence-corrected chi connectivity index (χ0v) is 11.6. The molecule has 0 unspecified atom stereocenters. The van der Waals surface area contributed by atoms with Crippen LogP contribution in [-0.4, -0.2) is 29.0 Å². The van der Waals surface area contributed by atoms with Gasteiger partial charge in [0.15, 0.2) is 0 Å². The first-order valence-corrected chi connectivity index (χ1v) is 6.32. The largest absolute Gasteiger partial charge is 0.369 e. The number of amides is 1. The lowest BCUT2D eigenvalue weighted by Gasteiger charge is -2.22. The molecule has 0 fully saturated rings. The third-order valence-corrected chi connectivity index (χ3v) is 2.93. The standard InChI is InChI=1S/C13H22N4O/c1-5-13(3,4)9-17-12(18)10-7-16-11(8-15-10)14-6-2/h7-8H,5-6,9H2,1-4H3,(H,14,16)(H,17,18). The smallest absolute Gasteiger partial charge is 0.271 e. The first-order valence-electron chi connectivity index (χ1n) is 6.32. The van der Waals surface area contributed by atoms with E-state index in [2.05, 4.69) is 41.4 Å². The van der Waals surface area contributed by atoms with E-state index in [0.717, 1.165) is 13.0 Å². The van der Waals surface area contributed by atoms with Crippen LogP contribution in [0.25, 0.3) is 0 Å². The predicted molar refractivity (Wildman–Crippen MR) is 72.6 cm³/mol. The molecule has 100 valence electrons. The number of carbonyl (C=O) groups excluding carboxylic acids is 1. The molecule has 5 nitrogen and oxygen atoms in total. The molecule has 1 amide bonds. The number of hydrogen-bond acceptors (Lipinski definition) is 4. The van der Waals surface area contributed by atoms with Crippen LogP contribution < -0.4 is 10.6 Å². The molecular weight excluding hydrogens is 228 g/mol. The second-order valence-electron chi connectivity index (χ2n) is 5.02. The Hall–Kier alpha value is -1.65. The zero-order valence-electron chi connectivity index (χ0n) is 11.6. The second kappa shape index (κ2) is 6.33. The zero-order chi connectivity index (χ0) is 13.6. The predicted octanol–water partition coefficient (Wildman–Crippen LogP) is 2.07. The van der Waals surface area contributed by atoms with Gasteiger partial charge in [0, 0.05) is 13.1 Å². The van der Waals surface area contributed by atoms with Crippen LogP contribution in [-0.2, 0) is 0 Å². The highest BCUT2D eigenvalue weighted by Gasteiger charge is 2.17. The summed E-state index contributed by atoms with van der Waals surface area (Å²) in [5.74, 6) is 0.509. The van der Waals surface area contributed by atoms with Gasteiger partial charge in [-0.3, -0.25) is 4.79 Å². The van der Waals surface area contributed by atoms with Crippen LogP contribution in [0.3, 0.4) is 0 Å². The minimum Gasteiger partial charge on any atom is -0.369 e. The van der Waals surface area contributed by atoms with E-state index in [0.29, 0.717) is 18.1 Å². The van der Waals surface area contributed by atoms with Crippen molar-refractivity contribution >= 4 is 11.7 Å². The summed E-state index contributed by atoms with van der Waals surface area (Å²) in [6, 6.07) is 0. The molecular formula is C13H22N4O. The molecule has 1 aromatic rings. The fraction of sp³-hybridized carbons (Fsp3) is 0.615. The topological polar surface area (TPSA) is 66.9 Å². The van der Waals surface area contributed by atoms with Gasteiger partial charge in [0.2, 0.25) is 0 Å². The SMILES string of the molecule is CCNc1cnc(C(=O)NCC(C)(C)CC)cn1. The van der Waals surface area contributed by atoms with E-state index in [-0.39, 0.29) is 11.3 Å². The molecule has 0 atom stereocenters. The third kappa shape index (κ3) is 4.31. The minimum absolute atomic E-state index is 0.104. The van der Waals surface area contributed by atoms with E-state index < -0.39 is 0 Å². The number of aromatic nitrogens is 2. The van der Waals surface area contributed by atoms with Crippen molar-refractivity contribution in [2.24, 2.45) is 5.41 Å². The summed E-state index contributed by atoms with van der Waals surface area (Å²) in [5, 5.41) is 5.91. The molecule has 2 N–H and O–H groups in total. The van der Waals surface area contributed by atoms with Crippen molar-refractivity contribution in [1.29, 1.82) is 0 Å². The maximum absolute atomic E-state index is 11.8. The lowest BCUT2D eigenvalue weighted by molar-refractivity contribution is 0.0930. The fourth-order valence-corrected chi connectivity index (χ4v) is 1.25. The highest BCUT2D eigenvalue weighted by molar-refractivity contribution is 5.92. The minimum atomic E-state index is -0.174. The number of nitrogens with zero attached hydrogens (tertiary/aromatic N) is 2. The number of rotatable bonds is 6. The van der Waals surface area contributed by atoms with Crippen LogP contribution >= 0.6 is 0 Å². The summed E-state index contributed by atoms with van der Waals surface area (Å²) in [7, 11) is 0. The van der Waals surface area contributed by atoms with E-state index in [1.165, 1.54) is 6.20 Å². The van der Waals surface area contributed by atoms with E-state index in [4.69, 9.17) is 0 Å². The third-order valence-electron chi connectivity index (χ3n) is 2.93. The first-order chi connectivity index (χ1) is 8.48. The lowest BCUT2D eigenvalue weighted by atomic mass is 9.90. The van der Waals surface area contributed by atoms with Crippen molar-refractivity contribution < 1.29 is 4.79 Å². The number of hydrogen-bond donors (Lipinski definition) is 2. The Balaban J connectivity index is 2.56.